The number of hydrogen-bond acceptors (Lipinski definition) is 4. The standard InChI is InChI=1S/C17H21BrN2O4/c1-3-24-17(23)12-5-4-8-20(10-12)16(22)15(21)19-13-6-7-14(18)11(2)9-13/h6-7,9,12H,3-5,8,10H2,1-2H3,(H,19,21). The molecule has 1 aromatic carbocycles. The number of likely N-dealkylation sites (tertiary alicyclic amines) is 1. The first-order valence-corrected chi connectivity index (χ1v) is 8.74. The van der Waals surface area contributed by atoms with Gasteiger partial charge in [0, 0.05) is 23.2 Å². The molecule has 0 spiro atoms. The minimum Gasteiger partial charge on any atom is -0.466 e. The molecule has 0 saturated carbocycles. The normalized spacial score (nSPS) is 17.3. The monoisotopic (exact) mass is 396 g/mol. The lowest BCUT2D eigenvalue weighted by molar-refractivity contribution is -0.153. The number of anilines is 1. The summed E-state index contributed by atoms with van der Waals surface area (Å²) in [5.41, 5.74) is 1.52. The van der Waals surface area contributed by atoms with E-state index in [1.54, 1.807) is 19.1 Å². The van der Waals surface area contributed by atoms with Gasteiger partial charge in [-0.25, -0.2) is 0 Å². The summed E-state index contributed by atoms with van der Waals surface area (Å²) in [7, 11) is 0. The molecular formula is C17H21BrN2O4. The fraction of sp³-hybridized carbons (Fsp3) is 0.471. The van der Waals surface area contributed by atoms with E-state index in [9.17, 15) is 14.4 Å². The molecule has 1 fully saturated rings. The second-order valence-electron chi connectivity index (χ2n) is 5.76. The van der Waals surface area contributed by atoms with Crippen LogP contribution >= 0.6 is 15.9 Å². The van der Waals surface area contributed by atoms with Gasteiger partial charge in [0.25, 0.3) is 0 Å². The lowest BCUT2D eigenvalue weighted by atomic mass is 9.98. The number of aryl methyl sites for hydroxylation is 1. The smallest absolute Gasteiger partial charge is 0.313 e. The van der Waals surface area contributed by atoms with Crippen LogP contribution in [0.3, 0.4) is 0 Å². The number of benzene rings is 1. The molecule has 0 aromatic heterocycles. The Kier molecular flexibility index (Phi) is 6.36. The Morgan fingerprint density at radius 3 is 2.79 bits per heavy atom. The predicted octanol–water partition coefficient (Wildman–Crippen LogP) is 2.50. The Morgan fingerprint density at radius 2 is 2.12 bits per heavy atom. The lowest BCUT2D eigenvalue weighted by Gasteiger charge is -2.31. The van der Waals surface area contributed by atoms with E-state index >= 15 is 0 Å². The van der Waals surface area contributed by atoms with Crippen molar-refractivity contribution >= 4 is 39.4 Å². The second kappa shape index (κ2) is 8.28. The Balaban J connectivity index is 1.98. The van der Waals surface area contributed by atoms with Crippen molar-refractivity contribution in [3.05, 3.63) is 28.2 Å². The van der Waals surface area contributed by atoms with Crippen molar-refractivity contribution in [3.8, 4) is 0 Å². The minimum absolute atomic E-state index is 0.227. The highest BCUT2D eigenvalue weighted by atomic mass is 79.9. The van der Waals surface area contributed by atoms with Crippen LogP contribution in [0, 0.1) is 12.8 Å². The lowest BCUT2D eigenvalue weighted by Crippen LogP contribution is -2.47. The highest BCUT2D eigenvalue weighted by Crippen LogP contribution is 2.21. The van der Waals surface area contributed by atoms with Gasteiger partial charge >= 0.3 is 17.8 Å². The summed E-state index contributed by atoms with van der Waals surface area (Å²) in [6.07, 6.45) is 1.36. The number of carbonyl (C=O) groups is 3. The number of hydrogen-bond donors (Lipinski definition) is 1. The van der Waals surface area contributed by atoms with Crippen LogP contribution in [0.4, 0.5) is 5.69 Å². The Bertz CT molecular complexity index is 647. The molecule has 7 heteroatoms. The molecule has 1 heterocycles. The van der Waals surface area contributed by atoms with Crippen molar-refractivity contribution < 1.29 is 19.1 Å². The second-order valence-corrected chi connectivity index (χ2v) is 6.61. The van der Waals surface area contributed by atoms with Crippen LogP contribution < -0.4 is 5.32 Å². The van der Waals surface area contributed by atoms with Crippen LogP contribution in [0.2, 0.25) is 0 Å². The van der Waals surface area contributed by atoms with Gasteiger partial charge in [-0.1, -0.05) is 15.9 Å². The SMILES string of the molecule is CCOC(=O)C1CCCN(C(=O)C(=O)Nc2ccc(Br)c(C)c2)C1. The van der Waals surface area contributed by atoms with Crippen molar-refractivity contribution in [2.75, 3.05) is 25.0 Å². The molecule has 6 nitrogen and oxygen atoms in total. The van der Waals surface area contributed by atoms with Crippen LogP contribution in [-0.2, 0) is 19.1 Å². The molecule has 1 aromatic rings. The zero-order chi connectivity index (χ0) is 17.7. The third-order valence-electron chi connectivity index (χ3n) is 3.94. The maximum Gasteiger partial charge on any atom is 0.313 e. The van der Waals surface area contributed by atoms with E-state index in [1.807, 2.05) is 13.0 Å². The van der Waals surface area contributed by atoms with Gasteiger partial charge in [0.15, 0.2) is 0 Å². The van der Waals surface area contributed by atoms with Crippen molar-refractivity contribution in [2.45, 2.75) is 26.7 Å². The van der Waals surface area contributed by atoms with Crippen LogP contribution in [0.15, 0.2) is 22.7 Å². The number of nitrogens with one attached hydrogen (secondary N) is 1. The summed E-state index contributed by atoms with van der Waals surface area (Å²) >= 11 is 3.39. The zero-order valence-corrected chi connectivity index (χ0v) is 15.4. The molecule has 0 aliphatic carbocycles. The molecule has 2 amide bonds. The van der Waals surface area contributed by atoms with Crippen molar-refractivity contribution in [1.82, 2.24) is 4.90 Å². The highest BCUT2D eigenvalue weighted by Gasteiger charge is 2.32. The van der Waals surface area contributed by atoms with Gasteiger partial charge in [0.2, 0.25) is 0 Å². The Labute approximate surface area is 149 Å². The number of esters is 1. The molecule has 1 unspecified atom stereocenters. The number of halogens is 1. The number of piperidine rings is 1. The Morgan fingerprint density at radius 1 is 1.38 bits per heavy atom. The zero-order valence-electron chi connectivity index (χ0n) is 13.8. The van der Waals surface area contributed by atoms with E-state index in [0.29, 0.717) is 31.7 Å². The van der Waals surface area contributed by atoms with E-state index in [4.69, 9.17) is 4.74 Å². The number of rotatable bonds is 3. The summed E-state index contributed by atoms with van der Waals surface area (Å²) in [6, 6.07) is 5.32. The molecular weight excluding hydrogens is 376 g/mol. The third-order valence-corrected chi connectivity index (χ3v) is 4.83. The average Bonchev–Trinajstić information content (AvgIpc) is 2.57. The van der Waals surface area contributed by atoms with Gasteiger partial charge in [0.1, 0.15) is 0 Å². The molecule has 1 aliphatic heterocycles. The van der Waals surface area contributed by atoms with Gasteiger partial charge in [-0.2, -0.15) is 0 Å². The highest BCUT2D eigenvalue weighted by molar-refractivity contribution is 9.10. The molecule has 1 N–H and O–H groups in total. The first-order valence-electron chi connectivity index (χ1n) is 7.95. The number of amides is 2. The van der Waals surface area contributed by atoms with Crippen molar-refractivity contribution in [2.24, 2.45) is 5.92 Å². The number of nitrogens with zero attached hydrogens (tertiary/aromatic N) is 1. The maximum atomic E-state index is 12.3. The van der Waals surface area contributed by atoms with Gasteiger partial charge in [-0.05, 0) is 50.5 Å². The van der Waals surface area contributed by atoms with Crippen LogP contribution in [0.25, 0.3) is 0 Å². The fourth-order valence-electron chi connectivity index (χ4n) is 2.66. The van der Waals surface area contributed by atoms with Gasteiger partial charge in [-0.3, -0.25) is 14.4 Å². The summed E-state index contributed by atoms with van der Waals surface area (Å²) in [6.45, 7) is 4.66. The summed E-state index contributed by atoms with van der Waals surface area (Å²) in [5.74, 6) is -1.98. The minimum atomic E-state index is -0.693. The van der Waals surface area contributed by atoms with Crippen LogP contribution in [-0.4, -0.2) is 42.4 Å². The molecule has 0 bridgehead atoms. The van der Waals surface area contributed by atoms with Crippen molar-refractivity contribution in [3.63, 3.8) is 0 Å². The quantitative estimate of drug-likeness (QED) is 0.628. The summed E-state index contributed by atoms with van der Waals surface area (Å²) in [4.78, 5) is 37.8. The van der Waals surface area contributed by atoms with Crippen LogP contribution in [0.5, 0.6) is 0 Å². The number of carbonyl (C=O) groups excluding carboxylic acids is 3. The first-order chi connectivity index (χ1) is 11.4. The van der Waals surface area contributed by atoms with E-state index in [-0.39, 0.29) is 18.4 Å². The van der Waals surface area contributed by atoms with Crippen LogP contribution in [0.1, 0.15) is 25.3 Å². The molecule has 24 heavy (non-hydrogen) atoms. The van der Waals surface area contributed by atoms with Gasteiger partial charge in [-0.15, -0.1) is 0 Å². The van der Waals surface area contributed by atoms with E-state index in [1.165, 1.54) is 4.90 Å². The molecule has 1 saturated heterocycles. The van der Waals surface area contributed by atoms with Gasteiger partial charge < -0.3 is 15.0 Å². The predicted molar refractivity (Wildman–Crippen MR) is 93.4 cm³/mol. The van der Waals surface area contributed by atoms with Crippen molar-refractivity contribution in [1.29, 1.82) is 0 Å². The van der Waals surface area contributed by atoms with Gasteiger partial charge in [0.05, 0.1) is 12.5 Å². The average molecular weight is 397 g/mol. The van der Waals surface area contributed by atoms with E-state index in [0.717, 1.165) is 10.0 Å². The van der Waals surface area contributed by atoms with E-state index in [2.05, 4.69) is 21.2 Å². The first kappa shape index (κ1) is 18.4. The molecule has 0 radical (unpaired) electrons. The maximum absolute atomic E-state index is 12.3. The topological polar surface area (TPSA) is 75.7 Å². The summed E-state index contributed by atoms with van der Waals surface area (Å²) in [5, 5.41) is 2.61. The molecule has 130 valence electrons. The Hall–Kier alpha value is -1.89. The molecule has 1 aliphatic rings. The molecule has 2 rings (SSSR count). The summed E-state index contributed by atoms with van der Waals surface area (Å²) < 4.78 is 5.94. The number of ether oxygens (including phenoxy) is 1. The van der Waals surface area contributed by atoms with E-state index < -0.39 is 11.8 Å². The molecule has 1 atom stereocenters. The fourth-order valence-corrected chi connectivity index (χ4v) is 2.91. The largest absolute Gasteiger partial charge is 0.466 e. The third kappa shape index (κ3) is 4.56.